The van der Waals surface area contributed by atoms with Crippen molar-refractivity contribution < 1.29 is 9.53 Å². The summed E-state index contributed by atoms with van der Waals surface area (Å²) in [6.07, 6.45) is -0.389. The number of nitrogens with zero attached hydrogens (tertiary/aromatic N) is 1. The van der Waals surface area contributed by atoms with Crippen molar-refractivity contribution in [2.24, 2.45) is 0 Å². The van der Waals surface area contributed by atoms with Crippen LogP contribution < -0.4 is 0 Å². The van der Waals surface area contributed by atoms with E-state index < -0.39 is 0 Å². The van der Waals surface area contributed by atoms with Gasteiger partial charge in [0.25, 0.3) is 0 Å². The molecule has 1 aromatic rings. The van der Waals surface area contributed by atoms with E-state index in [0.29, 0.717) is 6.54 Å². The topological polar surface area (TPSA) is 29.5 Å². The Morgan fingerprint density at radius 1 is 1.44 bits per heavy atom. The summed E-state index contributed by atoms with van der Waals surface area (Å²) in [7, 11) is 1.73. The number of benzene rings is 1. The molecule has 0 aliphatic rings. The van der Waals surface area contributed by atoms with Gasteiger partial charge in [-0.05, 0) is 25.5 Å². The van der Waals surface area contributed by atoms with Crippen LogP contribution in [0.5, 0.6) is 0 Å². The predicted octanol–water partition coefficient (Wildman–Crippen LogP) is 3.43. The Kier molecular flexibility index (Phi) is 4.80. The van der Waals surface area contributed by atoms with Crippen molar-refractivity contribution >= 4 is 22.0 Å². The van der Waals surface area contributed by atoms with Gasteiger partial charge >= 0.3 is 6.09 Å². The molecule has 0 unspecified atom stereocenters. The third-order valence-electron chi connectivity index (χ3n) is 2.01. The third-order valence-corrected chi connectivity index (χ3v) is 2.79. The molecule has 0 aliphatic carbocycles. The summed E-state index contributed by atoms with van der Waals surface area (Å²) in [6, 6.07) is 7.82. The fraction of sp³-hybridized carbons (Fsp3) is 0.417. The summed E-state index contributed by atoms with van der Waals surface area (Å²) in [5.41, 5.74) is 1.06. The molecule has 4 heteroatoms. The molecular weight excluding hydrogens is 270 g/mol. The normalized spacial score (nSPS) is 10.3. The monoisotopic (exact) mass is 285 g/mol. The number of rotatable bonds is 3. The van der Waals surface area contributed by atoms with Crippen molar-refractivity contribution in [2.45, 2.75) is 26.5 Å². The highest BCUT2D eigenvalue weighted by Crippen LogP contribution is 2.17. The minimum atomic E-state index is -0.300. The van der Waals surface area contributed by atoms with E-state index in [4.69, 9.17) is 4.74 Å². The lowest BCUT2D eigenvalue weighted by Crippen LogP contribution is -2.29. The Morgan fingerprint density at radius 2 is 2.06 bits per heavy atom. The fourth-order valence-electron chi connectivity index (χ4n) is 1.24. The summed E-state index contributed by atoms with van der Waals surface area (Å²) >= 11 is 3.45. The summed E-state index contributed by atoms with van der Waals surface area (Å²) in [6.45, 7) is 4.21. The van der Waals surface area contributed by atoms with Crippen molar-refractivity contribution in [1.82, 2.24) is 4.90 Å². The highest BCUT2D eigenvalue weighted by Gasteiger charge is 2.12. The van der Waals surface area contributed by atoms with Gasteiger partial charge in [0.15, 0.2) is 0 Å². The van der Waals surface area contributed by atoms with E-state index in [1.165, 1.54) is 0 Å². The average molecular weight is 286 g/mol. The second-order valence-corrected chi connectivity index (χ2v) is 4.73. The molecule has 1 rings (SSSR count). The maximum Gasteiger partial charge on any atom is 0.410 e. The SMILES string of the molecule is CC(C)OC(=O)N(C)Cc1ccccc1Br. The van der Waals surface area contributed by atoms with Crippen molar-refractivity contribution in [3.05, 3.63) is 34.3 Å². The summed E-state index contributed by atoms with van der Waals surface area (Å²) in [5, 5.41) is 0. The van der Waals surface area contributed by atoms with Crippen molar-refractivity contribution in [1.29, 1.82) is 0 Å². The molecule has 0 aliphatic heterocycles. The van der Waals surface area contributed by atoms with Crippen LogP contribution in [0.25, 0.3) is 0 Å². The molecule has 0 saturated carbocycles. The van der Waals surface area contributed by atoms with Gasteiger partial charge in [0, 0.05) is 18.1 Å². The summed E-state index contributed by atoms with van der Waals surface area (Å²) < 4.78 is 6.10. The lowest BCUT2D eigenvalue weighted by atomic mass is 10.2. The van der Waals surface area contributed by atoms with E-state index >= 15 is 0 Å². The molecule has 1 amide bonds. The molecule has 0 bridgehead atoms. The molecule has 3 nitrogen and oxygen atoms in total. The van der Waals surface area contributed by atoms with Gasteiger partial charge in [-0.1, -0.05) is 34.1 Å². The van der Waals surface area contributed by atoms with Gasteiger partial charge < -0.3 is 9.64 Å². The smallest absolute Gasteiger partial charge is 0.410 e. The van der Waals surface area contributed by atoms with Gasteiger partial charge in [0.05, 0.1) is 6.10 Å². The number of amides is 1. The number of carbonyl (C=O) groups is 1. The highest BCUT2D eigenvalue weighted by molar-refractivity contribution is 9.10. The molecule has 88 valence electrons. The quantitative estimate of drug-likeness (QED) is 0.852. The maximum absolute atomic E-state index is 11.6. The fourth-order valence-corrected chi connectivity index (χ4v) is 1.65. The Bertz CT molecular complexity index is 366. The Balaban J connectivity index is 2.61. The van der Waals surface area contributed by atoms with Gasteiger partial charge in [-0.25, -0.2) is 4.79 Å². The third kappa shape index (κ3) is 3.85. The predicted molar refractivity (Wildman–Crippen MR) is 67.2 cm³/mol. The van der Waals surface area contributed by atoms with E-state index in [9.17, 15) is 4.79 Å². The van der Waals surface area contributed by atoms with Crippen molar-refractivity contribution in [3.63, 3.8) is 0 Å². The molecule has 0 saturated heterocycles. The second kappa shape index (κ2) is 5.89. The first-order valence-corrected chi connectivity index (χ1v) is 5.95. The molecule has 0 N–H and O–H groups in total. The molecule has 0 aromatic heterocycles. The van der Waals surface area contributed by atoms with E-state index in [2.05, 4.69) is 15.9 Å². The van der Waals surface area contributed by atoms with Gasteiger partial charge in [0.1, 0.15) is 0 Å². The number of hydrogen-bond donors (Lipinski definition) is 0. The van der Waals surface area contributed by atoms with Crippen LogP contribution in [0.15, 0.2) is 28.7 Å². The van der Waals surface area contributed by atoms with Crippen LogP contribution in [-0.4, -0.2) is 24.1 Å². The molecule has 16 heavy (non-hydrogen) atoms. The number of ether oxygens (including phenoxy) is 1. The minimum absolute atomic E-state index is 0.0887. The molecule has 1 aromatic carbocycles. The first-order valence-electron chi connectivity index (χ1n) is 5.16. The molecule has 0 heterocycles. The number of hydrogen-bond acceptors (Lipinski definition) is 2. The van der Waals surface area contributed by atoms with Crippen molar-refractivity contribution in [3.8, 4) is 0 Å². The first-order chi connectivity index (χ1) is 7.50. The second-order valence-electron chi connectivity index (χ2n) is 3.88. The largest absolute Gasteiger partial charge is 0.447 e. The molecular formula is C12H16BrNO2. The van der Waals surface area contributed by atoms with E-state index in [-0.39, 0.29) is 12.2 Å². The minimum Gasteiger partial charge on any atom is -0.447 e. The summed E-state index contributed by atoms with van der Waals surface area (Å²) in [4.78, 5) is 13.1. The Labute approximate surface area is 105 Å². The van der Waals surface area contributed by atoms with E-state index in [0.717, 1.165) is 10.0 Å². The van der Waals surface area contributed by atoms with Crippen LogP contribution >= 0.6 is 15.9 Å². The zero-order chi connectivity index (χ0) is 12.1. The first kappa shape index (κ1) is 13.0. The van der Waals surface area contributed by atoms with Crippen molar-refractivity contribution in [2.75, 3.05) is 7.05 Å². The van der Waals surface area contributed by atoms with Gasteiger partial charge in [-0.2, -0.15) is 0 Å². The van der Waals surface area contributed by atoms with E-state index in [1.807, 2.05) is 38.1 Å². The van der Waals surface area contributed by atoms with Gasteiger partial charge in [0.2, 0.25) is 0 Å². The van der Waals surface area contributed by atoms with Crippen LogP contribution in [-0.2, 0) is 11.3 Å². The maximum atomic E-state index is 11.6. The van der Waals surface area contributed by atoms with Crippen LogP contribution in [0.4, 0.5) is 4.79 Å². The highest BCUT2D eigenvalue weighted by atomic mass is 79.9. The Hall–Kier alpha value is -1.03. The van der Waals surface area contributed by atoms with Crippen LogP contribution in [0.1, 0.15) is 19.4 Å². The van der Waals surface area contributed by atoms with Gasteiger partial charge in [-0.15, -0.1) is 0 Å². The van der Waals surface area contributed by atoms with Crippen LogP contribution in [0.3, 0.4) is 0 Å². The van der Waals surface area contributed by atoms with Crippen LogP contribution in [0.2, 0.25) is 0 Å². The lowest BCUT2D eigenvalue weighted by molar-refractivity contribution is 0.0822. The zero-order valence-corrected chi connectivity index (χ0v) is 11.3. The zero-order valence-electron chi connectivity index (χ0n) is 9.74. The lowest BCUT2D eigenvalue weighted by Gasteiger charge is -2.19. The average Bonchev–Trinajstić information content (AvgIpc) is 2.20. The van der Waals surface area contributed by atoms with E-state index in [1.54, 1.807) is 11.9 Å². The molecule has 0 fully saturated rings. The molecule has 0 radical (unpaired) electrons. The Morgan fingerprint density at radius 3 is 2.62 bits per heavy atom. The molecule has 0 spiro atoms. The number of carbonyl (C=O) groups excluding carboxylic acids is 1. The number of halogens is 1. The van der Waals surface area contributed by atoms with Gasteiger partial charge in [-0.3, -0.25) is 0 Å². The standard InChI is InChI=1S/C12H16BrNO2/c1-9(2)16-12(15)14(3)8-10-6-4-5-7-11(10)13/h4-7,9H,8H2,1-3H3. The molecule has 0 atom stereocenters. The van der Waals surface area contributed by atoms with Crippen LogP contribution in [0, 0.1) is 0 Å². The summed E-state index contributed by atoms with van der Waals surface area (Å²) in [5.74, 6) is 0.